The van der Waals surface area contributed by atoms with Crippen LogP contribution < -0.4 is 4.74 Å². The number of hydrogen-bond donors (Lipinski definition) is 0. The molecule has 0 N–H and O–H groups in total. The van der Waals surface area contributed by atoms with E-state index in [9.17, 15) is 18.0 Å². The Balaban J connectivity index is 1.70. The van der Waals surface area contributed by atoms with E-state index in [-0.39, 0.29) is 19.8 Å². The van der Waals surface area contributed by atoms with E-state index in [4.69, 9.17) is 9.47 Å². The zero-order chi connectivity index (χ0) is 18.6. The summed E-state index contributed by atoms with van der Waals surface area (Å²) in [5.74, 6) is -0.995. The predicted molar refractivity (Wildman–Crippen MR) is 85.4 cm³/mol. The lowest BCUT2D eigenvalue weighted by Gasteiger charge is -2.34. The van der Waals surface area contributed by atoms with Crippen LogP contribution in [0.25, 0.3) is 0 Å². The number of hydroxylamine groups is 2. The van der Waals surface area contributed by atoms with Gasteiger partial charge in [0.1, 0.15) is 11.5 Å². The molecule has 0 aromatic heterocycles. The SMILES string of the molecule is O=C(ON1CCOCC1c1ccc(Oc2ccccc2)cc1)C(F)(F)F. The Bertz CT molecular complexity index is 734. The molecule has 1 aliphatic heterocycles. The molecule has 8 heteroatoms. The van der Waals surface area contributed by atoms with Crippen molar-refractivity contribution in [3.05, 3.63) is 60.2 Å². The molecular formula is C18H16F3NO4. The number of carbonyl (C=O) groups excluding carboxylic acids is 1. The number of halogens is 3. The van der Waals surface area contributed by atoms with Gasteiger partial charge < -0.3 is 14.3 Å². The lowest BCUT2D eigenvalue weighted by atomic mass is 10.1. The molecular weight excluding hydrogens is 351 g/mol. The third-order valence-electron chi connectivity index (χ3n) is 3.75. The first-order chi connectivity index (χ1) is 12.4. The highest BCUT2D eigenvalue weighted by Crippen LogP contribution is 2.29. The predicted octanol–water partition coefficient (Wildman–Crippen LogP) is 3.87. The number of nitrogens with zero attached hydrogens (tertiary/aromatic N) is 1. The molecule has 0 amide bonds. The van der Waals surface area contributed by atoms with Gasteiger partial charge in [0.25, 0.3) is 0 Å². The fourth-order valence-electron chi connectivity index (χ4n) is 2.50. The van der Waals surface area contributed by atoms with Crippen molar-refractivity contribution in [2.75, 3.05) is 19.8 Å². The molecule has 2 aromatic rings. The lowest BCUT2D eigenvalue weighted by Crippen LogP contribution is -2.43. The highest BCUT2D eigenvalue weighted by molar-refractivity contribution is 5.75. The van der Waals surface area contributed by atoms with Crippen LogP contribution in [0.3, 0.4) is 0 Å². The summed E-state index contributed by atoms with van der Waals surface area (Å²) in [5, 5.41) is 1.01. The van der Waals surface area contributed by atoms with Crippen LogP contribution in [0.1, 0.15) is 11.6 Å². The summed E-state index contributed by atoms with van der Waals surface area (Å²) in [6, 6.07) is 15.3. The molecule has 1 unspecified atom stereocenters. The van der Waals surface area contributed by atoms with E-state index < -0.39 is 18.2 Å². The molecule has 26 heavy (non-hydrogen) atoms. The Morgan fingerprint density at radius 1 is 1.04 bits per heavy atom. The first-order valence-electron chi connectivity index (χ1n) is 7.90. The Morgan fingerprint density at radius 3 is 2.35 bits per heavy atom. The second-order valence-electron chi connectivity index (χ2n) is 5.59. The number of hydrogen-bond acceptors (Lipinski definition) is 5. The highest BCUT2D eigenvalue weighted by atomic mass is 19.4. The van der Waals surface area contributed by atoms with Gasteiger partial charge in [0.05, 0.1) is 25.8 Å². The van der Waals surface area contributed by atoms with Crippen LogP contribution in [0.15, 0.2) is 54.6 Å². The summed E-state index contributed by atoms with van der Waals surface area (Å²) in [6.45, 7) is 0.343. The van der Waals surface area contributed by atoms with Crippen LogP contribution >= 0.6 is 0 Å². The molecule has 0 radical (unpaired) electrons. The summed E-state index contributed by atoms with van der Waals surface area (Å²) < 4.78 is 48.3. The van der Waals surface area contributed by atoms with Crippen molar-refractivity contribution in [3.8, 4) is 11.5 Å². The van der Waals surface area contributed by atoms with Crippen molar-refractivity contribution in [1.29, 1.82) is 0 Å². The minimum atomic E-state index is -5.05. The third kappa shape index (κ3) is 4.53. The molecule has 0 bridgehead atoms. The topological polar surface area (TPSA) is 48.0 Å². The van der Waals surface area contributed by atoms with Crippen LogP contribution in [-0.4, -0.2) is 37.0 Å². The van der Waals surface area contributed by atoms with E-state index in [1.165, 1.54) is 0 Å². The van der Waals surface area contributed by atoms with Gasteiger partial charge in [0, 0.05) is 0 Å². The fourth-order valence-corrected chi connectivity index (χ4v) is 2.50. The largest absolute Gasteiger partial charge is 0.492 e. The first kappa shape index (κ1) is 18.2. The minimum Gasteiger partial charge on any atom is -0.457 e. The summed E-state index contributed by atoms with van der Waals surface area (Å²) in [5.41, 5.74) is 0.653. The van der Waals surface area contributed by atoms with Crippen molar-refractivity contribution in [3.63, 3.8) is 0 Å². The Kier molecular flexibility index (Phi) is 5.43. The summed E-state index contributed by atoms with van der Waals surface area (Å²) in [4.78, 5) is 15.6. The lowest BCUT2D eigenvalue weighted by molar-refractivity contribution is -0.260. The maximum Gasteiger partial charge on any atom is 0.492 e. The van der Waals surface area contributed by atoms with E-state index in [0.717, 1.165) is 5.06 Å². The third-order valence-corrected chi connectivity index (χ3v) is 3.75. The Morgan fingerprint density at radius 2 is 1.69 bits per heavy atom. The molecule has 0 aliphatic carbocycles. The van der Waals surface area contributed by atoms with Gasteiger partial charge in [0.15, 0.2) is 0 Å². The molecule has 2 aromatic carbocycles. The van der Waals surface area contributed by atoms with Crippen molar-refractivity contribution < 1.29 is 32.3 Å². The molecule has 5 nitrogen and oxygen atoms in total. The van der Waals surface area contributed by atoms with Crippen LogP contribution in [0.4, 0.5) is 13.2 Å². The molecule has 1 atom stereocenters. The van der Waals surface area contributed by atoms with Gasteiger partial charge in [0.2, 0.25) is 0 Å². The average Bonchev–Trinajstić information content (AvgIpc) is 2.63. The molecule has 0 saturated carbocycles. The Hall–Kier alpha value is -2.58. The monoisotopic (exact) mass is 367 g/mol. The molecule has 1 saturated heterocycles. The second kappa shape index (κ2) is 7.76. The standard InChI is InChI=1S/C18H16F3NO4/c19-18(20,21)17(23)26-22-10-11-24-12-16(22)13-6-8-15(9-7-13)25-14-4-2-1-3-5-14/h1-9,16H,10-12H2. The maximum absolute atomic E-state index is 12.4. The van der Waals surface area contributed by atoms with E-state index in [0.29, 0.717) is 17.1 Å². The van der Waals surface area contributed by atoms with Gasteiger partial charge in [-0.25, -0.2) is 4.79 Å². The van der Waals surface area contributed by atoms with Gasteiger partial charge in [-0.05, 0) is 29.8 Å². The maximum atomic E-state index is 12.4. The zero-order valence-corrected chi connectivity index (χ0v) is 13.6. The average molecular weight is 367 g/mol. The van der Waals surface area contributed by atoms with Crippen LogP contribution in [0, 0.1) is 0 Å². The number of benzene rings is 2. The van der Waals surface area contributed by atoms with E-state index >= 15 is 0 Å². The highest BCUT2D eigenvalue weighted by Gasteiger charge is 2.44. The molecule has 3 rings (SSSR count). The number of alkyl halides is 3. The normalized spacial score (nSPS) is 18.3. The molecule has 1 heterocycles. The second-order valence-corrected chi connectivity index (χ2v) is 5.59. The van der Waals surface area contributed by atoms with Crippen molar-refractivity contribution in [2.24, 2.45) is 0 Å². The number of rotatable bonds is 4. The van der Waals surface area contributed by atoms with E-state index in [2.05, 4.69) is 4.84 Å². The van der Waals surface area contributed by atoms with Crippen LogP contribution in [0.2, 0.25) is 0 Å². The number of morpholine rings is 1. The van der Waals surface area contributed by atoms with E-state index in [1.54, 1.807) is 36.4 Å². The molecule has 1 aliphatic rings. The van der Waals surface area contributed by atoms with Crippen molar-refractivity contribution >= 4 is 5.97 Å². The Labute approximate surface area is 147 Å². The van der Waals surface area contributed by atoms with Gasteiger partial charge in [-0.2, -0.15) is 13.2 Å². The van der Waals surface area contributed by atoms with Crippen LogP contribution in [-0.2, 0) is 14.4 Å². The smallest absolute Gasteiger partial charge is 0.457 e. The summed E-state index contributed by atoms with van der Waals surface area (Å²) in [6.07, 6.45) is -5.05. The van der Waals surface area contributed by atoms with Gasteiger partial charge >= 0.3 is 12.1 Å². The quantitative estimate of drug-likeness (QED) is 0.821. The van der Waals surface area contributed by atoms with Gasteiger partial charge in [-0.3, -0.25) is 0 Å². The van der Waals surface area contributed by atoms with Crippen molar-refractivity contribution in [2.45, 2.75) is 12.2 Å². The number of carbonyl (C=O) groups is 1. The zero-order valence-electron chi connectivity index (χ0n) is 13.6. The molecule has 1 fully saturated rings. The number of para-hydroxylation sites is 1. The summed E-state index contributed by atoms with van der Waals surface area (Å²) >= 11 is 0. The summed E-state index contributed by atoms with van der Waals surface area (Å²) in [7, 11) is 0. The van der Waals surface area contributed by atoms with E-state index in [1.807, 2.05) is 18.2 Å². The minimum absolute atomic E-state index is 0.0504. The molecule has 138 valence electrons. The fraction of sp³-hybridized carbons (Fsp3) is 0.278. The van der Waals surface area contributed by atoms with Gasteiger partial charge in [-0.1, -0.05) is 30.3 Å². The van der Waals surface area contributed by atoms with Gasteiger partial charge in [-0.15, -0.1) is 5.06 Å². The number of ether oxygens (including phenoxy) is 2. The van der Waals surface area contributed by atoms with Crippen LogP contribution in [0.5, 0.6) is 11.5 Å². The first-order valence-corrected chi connectivity index (χ1v) is 7.90. The van der Waals surface area contributed by atoms with Crippen molar-refractivity contribution in [1.82, 2.24) is 5.06 Å². The molecule has 0 spiro atoms.